The van der Waals surface area contributed by atoms with Crippen LogP contribution in [0.5, 0.6) is 0 Å². The summed E-state index contributed by atoms with van der Waals surface area (Å²) in [5, 5.41) is 8.84. The lowest BCUT2D eigenvalue weighted by atomic mass is 9.86. The van der Waals surface area contributed by atoms with Gasteiger partial charge in [0.15, 0.2) is 5.69 Å². The van der Waals surface area contributed by atoms with Crippen LogP contribution in [0.3, 0.4) is 0 Å². The van der Waals surface area contributed by atoms with Crippen LogP contribution in [0.4, 0.5) is 0 Å². The van der Waals surface area contributed by atoms with Crippen LogP contribution >= 0.6 is 0 Å². The molecule has 1 aromatic rings. The number of carbonyl (C=O) groups is 1. The second-order valence-electron chi connectivity index (χ2n) is 4.74. The predicted molar refractivity (Wildman–Crippen MR) is 63.9 cm³/mol. The molecular weight excluding hydrogens is 216 g/mol. The predicted octanol–water partition coefficient (Wildman–Crippen LogP) is 2.69. The van der Waals surface area contributed by atoms with E-state index in [-0.39, 0.29) is 5.69 Å². The molecule has 92 valence electrons. The zero-order valence-corrected chi connectivity index (χ0v) is 9.93. The maximum absolute atomic E-state index is 10.8. The van der Waals surface area contributed by atoms with Crippen LogP contribution in [0.25, 0.3) is 0 Å². The van der Waals surface area contributed by atoms with Gasteiger partial charge in [-0.25, -0.2) is 14.8 Å². The Morgan fingerprint density at radius 2 is 2.06 bits per heavy atom. The molecule has 2 rings (SSSR count). The molecule has 1 saturated carbocycles. The highest BCUT2D eigenvalue weighted by Gasteiger charge is 2.14. The normalized spacial score (nSPS) is 16.9. The Morgan fingerprint density at radius 3 is 2.76 bits per heavy atom. The van der Waals surface area contributed by atoms with E-state index < -0.39 is 5.97 Å². The number of hydrogen-bond donors (Lipinski definition) is 1. The summed E-state index contributed by atoms with van der Waals surface area (Å²) in [4.78, 5) is 18.6. The monoisotopic (exact) mass is 234 g/mol. The Balaban J connectivity index is 1.89. The van der Waals surface area contributed by atoms with E-state index in [0.29, 0.717) is 0 Å². The number of hydrogen-bond acceptors (Lipinski definition) is 3. The Hall–Kier alpha value is -1.45. The SMILES string of the molecule is O=C(O)c1cc(CCC2CCCCC2)ncn1. The minimum Gasteiger partial charge on any atom is -0.477 e. The maximum atomic E-state index is 10.8. The first-order valence-electron chi connectivity index (χ1n) is 6.30. The molecule has 0 amide bonds. The van der Waals surface area contributed by atoms with E-state index in [1.165, 1.54) is 38.4 Å². The van der Waals surface area contributed by atoms with Crippen LogP contribution < -0.4 is 0 Å². The van der Waals surface area contributed by atoms with E-state index in [1.807, 2.05) is 0 Å². The van der Waals surface area contributed by atoms with Crippen molar-refractivity contribution in [3.05, 3.63) is 23.8 Å². The smallest absolute Gasteiger partial charge is 0.354 e. The molecule has 1 fully saturated rings. The summed E-state index contributed by atoms with van der Waals surface area (Å²) >= 11 is 0. The molecule has 0 bridgehead atoms. The van der Waals surface area contributed by atoms with Crippen molar-refractivity contribution >= 4 is 5.97 Å². The first kappa shape index (κ1) is 12.0. The molecule has 0 unspecified atom stereocenters. The molecule has 1 aliphatic rings. The number of rotatable bonds is 4. The van der Waals surface area contributed by atoms with Gasteiger partial charge in [-0.15, -0.1) is 0 Å². The molecule has 0 atom stereocenters. The van der Waals surface area contributed by atoms with Gasteiger partial charge in [-0.05, 0) is 24.8 Å². The Kier molecular flexibility index (Phi) is 4.07. The van der Waals surface area contributed by atoms with E-state index in [2.05, 4.69) is 9.97 Å². The average Bonchev–Trinajstić information content (AvgIpc) is 2.38. The number of carboxylic acid groups (broad SMARTS) is 1. The molecule has 0 spiro atoms. The van der Waals surface area contributed by atoms with E-state index >= 15 is 0 Å². The molecule has 0 saturated heterocycles. The molecule has 0 aromatic carbocycles. The lowest BCUT2D eigenvalue weighted by molar-refractivity contribution is 0.0690. The second kappa shape index (κ2) is 5.75. The van der Waals surface area contributed by atoms with Gasteiger partial charge in [0, 0.05) is 5.69 Å². The molecule has 1 aromatic heterocycles. The third kappa shape index (κ3) is 3.51. The van der Waals surface area contributed by atoms with Crippen molar-refractivity contribution in [2.24, 2.45) is 5.92 Å². The van der Waals surface area contributed by atoms with Crippen LogP contribution in [0, 0.1) is 5.92 Å². The van der Waals surface area contributed by atoms with Crippen LogP contribution in [0.1, 0.15) is 54.7 Å². The highest BCUT2D eigenvalue weighted by atomic mass is 16.4. The van der Waals surface area contributed by atoms with Crippen molar-refractivity contribution in [3.63, 3.8) is 0 Å². The quantitative estimate of drug-likeness (QED) is 0.870. The van der Waals surface area contributed by atoms with E-state index in [0.717, 1.165) is 24.5 Å². The molecule has 0 aliphatic heterocycles. The Morgan fingerprint density at radius 1 is 1.29 bits per heavy atom. The minimum atomic E-state index is -0.980. The fourth-order valence-corrected chi connectivity index (χ4v) is 2.48. The van der Waals surface area contributed by atoms with Crippen LogP contribution in [0.2, 0.25) is 0 Å². The molecule has 1 aliphatic carbocycles. The van der Waals surface area contributed by atoms with Crippen LogP contribution in [-0.4, -0.2) is 21.0 Å². The van der Waals surface area contributed by atoms with Crippen LogP contribution in [0.15, 0.2) is 12.4 Å². The standard InChI is InChI=1S/C13H18N2O2/c16-13(17)12-8-11(14-9-15-12)7-6-10-4-2-1-3-5-10/h8-10H,1-7H2,(H,16,17). The van der Waals surface area contributed by atoms with Gasteiger partial charge in [0.05, 0.1) is 0 Å². The summed E-state index contributed by atoms with van der Waals surface area (Å²) in [6, 6.07) is 1.59. The van der Waals surface area contributed by atoms with Crippen molar-refractivity contribution in [2.45, 2.75) is 44.9 Å². The fraction of sp³-hybridized carbons (Fsp3) is 0.615. The third-order valence-electron chi connectivity index (χ3n) is 3.48. The van der Waals surface area contributed by atoms with E-state index in [9.17, 15) is 4.79 Å². The van der Waals surface area contributed by atoms with Crippen molar-refractivity contribution in [1.29, 1.82) is 0 Å². The largest absolute Gasteiger partial charge is 0.477 e. The first-order valence-corrected chi connectivity index (χ1v) is 6.30. The van der Waals surface area contributed by atoms with Gasteiger partial charge in [0.1, 0.15) is 6.33 Å². The molecule has 0 radical (unpaired) electrons. The number of aryl methyl sites for hydroxylation is 1. The molecular formula is C13H18N2O2. The zero-order chi connectivity index (χ0) is 12.1. The van der Waals surface area contributed by atoms with Gasteiger partial charge < -0.3 is 5.11 Å². The molecule has 4 nitrogen and oxygen atoms in total. The lowest BCUT2D eigenvalue weighted by Gasteiger charge is -2.21. The van der Waals surface area contributed by atoms with Gasteiger partial charge in [-0.3, -0.25) is 0 Å². The number of nitrogens with zero attached hydrogens (tertiary/aromatic N) is 2. The summed E-state index contributed by atoms with van der Waals surface area (Å²) in [7, 11) is 0. The molecule has 1 heterocycles. The van der Waals surface area contributed by atoms with Gasteiger partial charge in [0.2, 0.25) is 0 Å². The molecule has 17 heavy (non-hydrogen) atoms. The van der Waals surface area contributed by atoms with E-state index in [1.54, 1.807) is 6.07 Å². The van der Waals surface area contributed by atoms with Crippen molar-refractivity contribution in [3.8, 4) is 0 Å². The molecule has 4 heteroatoms. The number of aromatic carboxylic acids is 1. The van der Waals surface area contributed by atoms with Crippen molar-refractivity contribution < 1.29 is 9.90 Å². The summed E-state index contributed by atoms with van der Waals surface area (Å²) in [6.45, 7) is 0. The van der Waals surface area contributed by atoms with Gasteiger partial charge in [-0.2, -0.15) is 0 Å². The highest BCUT2D eigenvalue weighted by molar-refractivity contribution is 5.85. The van der Waals surface area contributed by atoms with Crippen molar-refractivity contribution in [1.82, 2.24) is 9.97 Å². The Labute approximate surface area is 101 Å². The molecule has 1 N–H and O–H groups in total. The maximum Gasteiger partial charge on any atom is 0.354 e. The van der Waals surface area contributed by atoms with Gasteiger partial charge in [-0.1, -0.05) is 32.1 Å². The summed E-state index contributed by atoms with van der Waals surface area (Å²) in [5.41, 5.74) is 0.946. The van der Waals surface area contributed by atoms with Crippen LogP contribution in [-0.2, 0) is 6.42 Å². The summed E-state index contributed by atoms with van der Waals surface area (Å²) in [6.07, 6.45) is 10.0. The lowest BCUT2D eigenvalue weighted by Crippen LogP contribution is -2.09. The third-order valence-corrected chi connectivity index (χ3v) is 3.48. The zero-order valence-electron chi connectivity index (χ0n) is 9.93. The highest BCUT2D eigenvalue weighted by Crippen LogP contribution is 2.27. The van der Waals surface area contributed by atoms with Crippen molar-refractivity contribution in [2.75, 3.05) is 0 Å². The summed E-state index contributed by atoms with van der Waals surface area (Å²) in [5.74, 6) is -0.182. The Bertz CT molecular complexity index is 387. The second-order valence-corrected chi connectivity index (χ2v) is 4.74. The first-order chi connectivity index (χ1) is 8.25. The van der Waals surface area contributed by atoms with E-state index in [4.69, 9.17) is 5.11 Å². The topological polar surface area (TPSA) is 63.1 Å². The summed E-state index contributed by atoms with van der Waals surface area (Å²) < 4.78 is 0. The minimum absolute atomic E-state index is 0.0960. The number of carboxylic acids is 1. The number of aromatic nitrogens is 2. The van der Waals surface area contributed by atoms with Gasteiger partial charge >= 0.3 is 5.97 Å². The fourth-order valence-electron chi connectivity index (χ4n) is 2.48. The average molecular weight is 234 g/mol. The van der Waals surface area contributed by atoms with Gasteiger partial charge in [0.25, 0.3) is 0 Å².